The largest absolute Gasteiger partial charge is 0.366 e. The number of thiazole rings is 1. The van der Waals surface area contributed by atoms with Crippen LogP contribution in [0.15, 0.2) is 23.6 Å². The second-order valence-corrected chi connectivity index (χ2v) is 6.16. The van der Waals surface area contributed by atoms with Crippen molar-refractivity contribution in [3.63, 3.8) is 0 Å². The van der Waals surface area contributed by atoms with Gasteiger partial charge in [-0.2, -0.15) is 0 Å². The molecule has 1 aromatic carbocycles. The molecule has 0 amide bonds. The number of hydrogen-bond acceptors (Lipinski definition) is 3. The molecule has 2 heterocycles. The molecule has 0 saturated carbocycles. The third kappa shape index (κ3) is 2.37. The van der Waals surface area contributed by atoms with Gasteiger partial charge in [0.2, 0.25) is 0 Å². The summed E-state index contributed by atoms with van der Waals surface area (Å²) in [6, 6.07) is 5.90. The second kappa shape index (κ2) is 4.93. The van der Waals surface area contributed by atoms with Crippen molar-refractivity contribution in [3.05, 3.63) is 34.4 Å². The minimum Gasteiger partial charge on any atom is -0.366 e. The zero-order valence-electron chi connectivity index (χ0n) is 11.2. The van der Waals surface area contributed by atoms with Crippen molar-refractivity contribution in [2.45, 2.75) is 32.7 Å². The number of anilines is 1. The van der Waals surface area contributed by atoms with E-state index < -0.39 is 0 Å². The Hall–Kier alpha value is -1.42. The molecule has 3 rings (SSSR count). The fraction of sp³-hybridized carbons (Fsp3) is 0.400. The molecule has 1 unspecified atom stereocenters. The Morgan fingerprint density at radius 1 is 1.42 bits per heavy atom. The zero-order valence-corrected chi connectivity index (χ0v) is 12.0. The number of hydrogen-bond donors (Lipinski definition) is 0. The van der Waals surface area contributed by atoms with Crippen LogP contribution in [0.2, 0.25) is 0 Å². The summed E-state index contributed by atoms with van der Waals surface area (Å²) in [5, 5.41) is 2.98. The van der Waals surface area contributed by atoms with Crippen LogP contribution in [0.1, 0.15) is 24.8 Å². The van der Waals surface area contributed by atoms with Gasteiger partial charge in [-0.25, -0.2) is 9.37 Å². The molecule has 1 aliphatic rings. The first kappa shape index (κ1) is 12.6. The summed E-state index contributed by atoms with van der Waals surface area (Å²) >= 11 is 1.59. The number of nitrogens with zero attached hydrogens (tertiary/aromatic N) is 2. The van der Waals surface area contributed by atoms with E-state index in [-0.39, 0.29) is 5.82 Å². The predicted octanol–water partition coefficient (Wildman–Crippen LogP) is 4.25. The van der Waals surface area contributed by atoms with E-state index in [2.05, 4.69) is 16.8 Å². The van der Waals surface area contributed by atoms with Crippen LogP contribution in [0, 0.1) is 12.7 Å². The third-order valence-electron chi connectivity index (χ3n) is 3.72. The van der Waals surface area contributed by atoms with Gasteiger partial charge in [-0.1, -0.05) is 6.07 Å². The van der Waals surface area contributed by atoms with Crippen molar-refractivity contribution in [2.75, 3.05) is 11.4 Å². The summed E-state index contributed by atoms with van der Waals surface area (Å²) in [6.45, 7) is 5.07. The minimum absolute atomic E-state index is 0.142. The summed E-state index contributed by atoms with van der Waals surface area (Å²) in [6.07, 6.45) is 2.29. The van der Waals surface area contributed by atoms with Gasteiger partial charge in [-0.15, -0.1) is 11.3 Å². The van der Waals surface area contributed by atoms with Gasteiger partial charge in [-0.3, -0.25) is 0 Å². The minimum atomic E-state index is -0.142. The average molecular weight is 276 g/mol. The average Bonchev–Trinajstić information content (AvgIpc) is 2.98. The van der Waals surface area contributed by atoms with Gasteiger partial charge in [0.1, 0.15) is 5.82 Å². The lowest BCUT2D eigenvalue weighted by Gasteiger charge is -2.24. The summed E-state index contributed by atoms with van der Waals surface area (Å²) in [5.74, 6) is -0.142. The highest BCUT2D eigenvalue weighted by Crippen LogP contribution is 2.31. The molecule has 0 bridgehead atoms. The molecule has 4 heteroatoms. The van der Waals surface area contributed by atoms with Gasteiger partial charge in [-0.05, 0) is 38.8 Å². The molecule has 1 aliphatic heterocycles. The SMILES string of the molecule is Cc1nc(-c2ccc(N3CCCC3C)c(F)c2)cs1. The van der Waals surface area contributed by atoms with Gasteiger partial charge >= 0.3 is 0 Å². The molecule has 0 spiro atoms. The highest BCUT2D eigenvalue weighted by Gasteiger charge is 2.23. The first-order valence-corrected chi connectivity index (χ1v) is 7.52. The molecule has 0 N–H and O–H groups in total. The Kier molecular flexibility index (Phi) is 3.27. The summed E-state index contributed by atoms with van der Waals surface area (Å²) < 4.78 is 14.3. The summed E-state index contributed by atoms with van der Waals surface area (Å²) in [5.41, 5.74) is 2.44. The van der Waals surface area contributed by atoms with Crippen molar-refractivity contribution in [2.24, 2.45) is 0 Å². The molecule has 100 valence electrons. The van der Waals surface area contributed by atoms with Crippen LogP contribution in [-0.4, -0.2) is 17.6 Å². The third-order valence-corrected chi connectivity index (χ3v) is 4.50. The fourth-order valence-corrected chi connectivity index (χ4v) is 3.31. The Labute approximate surface area is 116 Å². The molecule has 2 aromatic rings. The molecule has 1 aromatic heterocycles. The van der Waals surface area contributed by atoms with Crippen LogP contribution in [0.5, 0.6) is 0 Å². The molecule has 0 aliphatic carbocycles. The van der Waals surface area contributed by atoms with Crippen LogP contribution in [0.4, 0.5) is 10.1 Å². The summed E-state index contributed by atoms with van der Waals surface area (Å²) in [4.78, 5) is 6.56. The lowest BCUT2D eigenvalue weighted by molar-refractivity contribution is 0.614. The van der Waals surface area contributed by atoms with E-state index in [0.717, 1.165) is 41.3 Å². The monoisotopic (exact) mass is 276 g/mol. The van der Waals surface area contributed by atoms with Gasteiger partial charge in [0.25, 0.3) is 0 Å². The topological polar surface area (TPSA) is 16.1 Å². The van der Waals surface area contributed by atoms with Gasteiger partial charge < -0.3 is 4.90 Å². The molecule has 19 heavy (non-hydrogen) atoms. The quantitative estimate of drug-likeness (QED) is 0.815. The van der Waals surface area contributed by atoms with Crippen LogP contribution < -0.4 is 4.90 Å². The molecular weight excluding hydrogens is 259 g/mol. The lowest BCUT2D eigenvalue weighted by atomic mass is 10.1. The molecular formula is C15H17FN2S. The van der Waals surface area contributed by atoms with Crippen molar-refractivity contribution in [1.29, 1.82) is 0 Å². The van der Waals surface area contributed by atoms with E-state index in [0.29, 0.717) is 6.04 Å². The lowest BCUT2D eigenvalue weighted by Crippen LogP contribution is -2.27. The Morgan fingerprint density at radius 2 is 2.26 bits per heavy atom. The van der Waals surface area contributed by atoms with E-state index in [1.54, 1.807) is 17.4 Å². The maximum absolute atomic E-state index is 14.3. The van der Waals surface area contributed by atoms with Gasteiger partial charge in [0, 0.05) is 23.5 Å². The number of aryl methyl sites for hydroxylation is 1. The van der Waals surface area contributed by atoms with Crippen molar-refractivity contribution in [3.8, 4) is 11.3 Å². The number of rotatable bonds is 2. The van der Waals surface area contributed by atoms with E-state index in [9.17, 15) is 4.39 Å². The van der Waals surface area contributed by atoms with Crippen LogP contribution >= 0.6 is 11.3 Å². The Balaban J connectivity index is 1.93. The number of aromatic nitrogens is 1. The molecule has 1 fully saturated rings. The predicted molar refractivity (Wildman–Crippen MR) is 78.3 cm³/mol. The fourth-order valence-electron chi connectivity index (χ4n) is 2.69. The van der Waals surface area contributed by atoms with Gasteiger partial charge in [0.15, 0.2) is 0 Å². The molecule has 1 saturated heterocycles. The zero-order chi connectivity index (χ0) is 13.4. The highest BCUT2D eigenvalue weighted by molar-refractivity contribution is 7.09. The van der Waals surface area contributed by atoms with E-state index in [1.165, 1.54) is 0 Å². The molecule has 0 radical (unpaired) electrons. The van der Waals surface area contributed by atoms with Gasteiger partial charge in [0.05, 0.1) is 16.4 Å². The summed E-state index contributed by atoms with van der Waals surface area (Å²) in [7, 11) is 0. The Morgan fingerprint density at radius 3 is 2.84 bits per heavy atom. The number of halogens is 1. The Bertz CT molecular complexity index is 594. The van der Waals surface area contributed by atoms with Crippen molar-refractivity contribution in [1.82, 2.24) is 4.98 Å². The van der Waals surface area contributed by atoms with Crippen LogP contribution in [0.3, 0.4) is 0 Å². The first-order chi connectivity index (χ1) is 9.15. The van der Waals surface area contributed by atoms with E-state index >= 15 is 0 Å². The molecule has 1 atom stereocenters. The van der Waals surface area contributed by atoms with E-state index in [1.807, 2.05) is 24.4 Å². The highest BCUT2D eigenvalue weighted by atomic mass is 32.1. The molecule has 2 nitrogen and oxygen atoms in total. The van der Waals surface area contributed by atoms with Crippen LogP contribution in [-0.2, 0) is 0 Å². The standard InChI is InChI=1S/C15H17FN2S/c1-10-4-3-7-18(10)15-6-5-12(8-13(15)16)14-9-19-11(2)17-14/h5-6,8-10H,3-4,7H2,1-2H3. The maximum atomic E-state index is 14.3. The van der Waals surface area contributed by atoms with Crippen LogP contribution in [0.25, 0.3) is 11.3 Å². The van der Waals surface area contributed by atoms with Crippen molar-refractivity contribution >= 4 is 17.0 Å². The second-order valence-electron chi connectivity index (χ2n) is 5.10. The van der Waals surface area contributed by atoms with Crippen molar-refractivity contribution < 1.29 is 4.39 Å². The smallest absolute Gasteiger partial charge is 0.147 e. The first-order valence-electron chi connectivity index (χ1n) is 6.64. The normalized spacial score (nSPS) is 19.1. The number of benzene rings is 1. The van der Waals surface area contributed by atoms with E-state index in [4.69, 9.17) is 0 Å². The maximum Gasteiger partial charge on any atom is 0.147 e.